The molecule has 0 radical (unpaired) electrons. The van der Waals surface area contributed by atoms with Crippen molar-refractivity contribution in [2.75, 3.05) is 16.0 Å². The minimum absolute atomic E-state index is 0.209. The van der Waals surface area contributed by atoms with E-state index in [1.807, 2.05) is 61.5 Å². The Kier molecular flexibility index (Phi) is 7.26. The molecular formula is C30H30N8O3. The summed E-state index contributed by atoms with van der Waals surface area (Å²) in [4.78, 5) is 32.5. The standard InChI is InChI=1S/C30H30N8O3/c1-18-9-11-19(12-10-18)38-26(15-24(37-38)30(2,3)4)36-29(40)34-22-13-14-23(21-8-6-5-7-20(21)22)41-27-16-25(32-17-33-27)35-28(31)39/h5-17H,1-4H3,(H2,34,36,40)(H3,31,32,33,35,39). The number of carbonyl (C=O) groups is 2. The van der Waals surface area contributed by atoms with Crippen molar-refractivity contribution < 1.29 is 14.3 Å². The lowest BCUT2D eigenvalue weighted by molar-refractivity contribution is 0.259. The fourth-order valence-corrected chi connectivity index (χ4v) is 4.16. The summed E-state index contributed by atoms with van der Waals surface area (Å²) >= 11 is 0. The van der Waals surface area contributed by atoms with E-state index in [-0.39, 0.29) is 17.1 Å². The summed E-state index contributed by atoms with van der Waals surface area (Å²) in [6.45, 7) is 8.24. The summed E-state index contributed by atoms with van der Waals surface area (Å²) in [5, 5.41) is 14.6. The van der Waals surface area contributed by atoms with Crippen LogP contribution in [0.3, 0.4) is 0 Å². The maximum Gasteiger partial charge on any atom is 0.324 e. The van der Waals surface area contributed by atoms with Crippen molar-refractivity contribution in [1.82, 2.24) is 19.7 Å². The molecule has 0 fully saturated rings. The number of primary amides is 1. The Bertz CT molecular complexity index is 1740. The summed E-state index contributed by atoms with van der Waals surface area (Å²) < 4.78 is 7.73. The van der Waals surface area contributed by atoms with E-state index in [4.69, 9.17) is 15.6 Å². The van der Waals surface area contributed by atoms with Gasteiger partial charge in [0.1, 0.15) is 23.7 Å². The third kappa shape index (κ3) is 6.25. The molecule has 4 amide bonds. The van der Waals surface area contributed by atoms with Gasteiger partial charge in [0.05, 0.1) is 17.1 Å². The molecule has 11 nitrogen and oxygen atoms in total. The van der Waals surface area contributed by atoms with Gasteiger partial charge < -0.3 is 15.8 Å². The van der Waals surface area contributed by atoms with Gasteiger partial charge in [0.15, 0.2) is 0 Å². The van der Waals surface area contributed by atoms with E-state index < -0.39 is 12.1 Å². The molecule has 5 aromatic rings. The van der Waals surface area contributed by atoms with Gasteiger partial charge in [-0.15, -0.1) is 0 Å². The Morgan fingerprint density at radius 2 is 1.61 bits per heavy atom. The zero-order chi connectivity index (χ0) is 29.1. The number of hydrogen-bond acceptors (Lipinski definition) is 6. The van der Waals surface area contributed by atoms with Crippen LogP contribution in [0, 0.1) is 6.92 Å². The number of rotatable bonds is 6. The van der Waals surface area contributed by atoms with Gasteiger partial charge in [-0.05, 0) is 31.2 Å². The number of anilines is 3. The van der Waals surface area contributed by atoms with Gasteiger partial charge in [0, 0.05) is 28.3 Å². The number of ether oxygens (including phenoxy) is 1. The van der Waals surface area contributed by atoms with E-state index in [9.17, 15) is 9.59 Å². The maximum atomic E-state index is 13.3. The molecule has 5 rings (SSSR count). The van der Waals surface area contributed by atoms with Gasteiger partial charge in [0.2, 0.25) is 5.88 Å². The summed E-state index contributed by atoms with van der Waals surface area (Å²) in [5.74, 6) is 1.47. The van der Waals surface area contributed by atoms with Crippen molar-refractivity contribution in [3.05, 3.63) is 90.4 Å². The molecule has 2 heterocycles. The van der Waals surface area contributed by atoms with Crippen LogP contribution in [0.1, 0.15) is 32.0 Å². The van der Waals surface area contributed by atoms with Crippen molar-refractivity contribution in [1.29, 1.82) is 0 Å². The number of benzene rings is 3. The topological polar surface area (TPSA) is 149 Å². The van der Waals surface area contributed by atoms with E-state index in [1.54, 1.807) is 16.8 Å². The van der Waals surface area contributed by atoms with Gasteiger partial charge in [-0.25, -0.2) is 24.2 Å². The lowest BCUT2D eigenvalue weighted by Gasteiger charge is -2.14. The van der Waals surface area contributed by atoms with Crippen LogP contribution in [0.4, 0.5) is 26.9 Å². The number of fused-ring (bicyclic) bond motifs is 1. The van der Waals surface area contributed by atoms with Crippen LogP contribution >= 0.6 is 0 Å². The first-order valence-corrected chi connectivity index (χ1v) is 12.9. The highest BCUT2D eigenvalue weighted by Crippen LogP contribution is 2.34. The summed E-state index contributed by atoms with van der Waals surface area (Å²) in [6, 6.07) is 21.1. The Labute approximate surface area is 236 Å². The molecule has 0 atom stereocenters. The minimum Gasteiger partial charge on any atom is -0.438 e. The van der Waals surface area contributed by atoms with Crippen molar-refractivity contribution in [3.63, 3.8) is 0 Å². The monoisotopic (exact) mass is 550 g/mol. The minimum atomic E-state index is -0.745. The molecule has 5 N–H and O–H groups in total. The van der Waals surface area contributed by atoms with E-state index >= 15 is 0 Å². The predicted octanol–water partition coefficient (Wildman–Crippen LogP) is 6.35. The smallest absolute Gasteiger partial charge is 0.324 e. The molecule has 0 aliphatic carbocycles. The molecular weight excluding hydrogens is 520 g/mol. The number of nitrogens with two attached hydrogens (primary N) is 1. The molecule has 0 saturated carbocycles. The van der Waals surface area contributed by atoms with E-state index in [1.165, 1.54) is 12.4 Å². The first-order chi connectivity index (χ1) is 19.6. The van der Waals surface area contributed by atoms with Crippen molar-refractivity contribution in [3.8, 4) is 17.3 Å². The number of urea groups is 2. The van der Waals surface area contributed by atoms with Gasteiger partial charge in [0.25, 0.3) is 0 Å². The predicted molar refractivity (Wildman–Crippen MR) is 159 cm³/mol. The summed E-state index contributed by atoms with van der Waals surface area (Å²) in [5.41, 5.74) is 8.36. The molecule has 11 heteroatoms. The van der Waals surface area contributed by atoms with Crippen molar-refractivity contribution in [2.45, 2.75) is 33.1 Å². The Morgan fingerprint density at radius 1 is 0.878 bits per heavy atom. The molecule has 41 heavy (non-hydrogen) atoms. The molecule has 208 valence electrons. The average Bonchev–Trinajstić information content (AvgIpc) is 3.34. The Balaban J connectivity index is 1.41. The number of aromatic nitrogens is 4. The fraction of sp³-hybridized carbons (Fsp3) is 0.167. The molecule has 0 aliphatic rings. The first-order valence-electron chi connectivity index (χ1n) is 12.9. The fourth-order valence-electron chi connectivity index (χ4n) is 4.16. The van der Waals surface area contributed by atoms with Crippen LogP contribution in [0.2, 0.25) is 0 Å². The third-order valence-electron chi connectivity index (χ3n) is 6.24. The number of nitrogens with one attached hydrogen (secondary N) is 3. The van der Waals surface area contributed by atoms with Gasteiger partial charge >= 0.3 is 12.1 Å². The number of aryl methyl sites for hydroxylation is 1. The number of nitrogens with zero attached hydrogens (tertiary/aromatic N) is 4. The van der Waals surface area contributed by atoms with Gasteiger partial charge in [-0.2, -0.15) is 5.10 Å². The number of hydrogen-bond donors (Lipinski definition) is 4. The Morgan fingerprint density at radius 3 is 2.32 bits per heavy atom. The van der Waals surface area contributed by atoms with Crippen LogP contribution in [-0.4, -0.2) is 31.8 Å². The average molecular weight is 551 g/mol. The SMILES string of the molecule is Cc1ccc(-n2nc(C(C)(C)C)cc2NC(=O)Nc2ccc(Oc3cc(NC(N)=O)ncn3)c3ccccc23)cc1. The van der Waals surface area contributed by atoms with Crippen molar-refractivity contribution in [2.24, 2.45) is 5.73 Å². The maximum absolute atomic E-state index is 13.3. The molecule has 0 aliphatic heterocycles. The molecule has 0 bridgehead atoms. The zero-order valence-corrected chi connectivity index (χ0v) is 23.1. The van der Waals surface area contributed by atoms with E-state index in [2.05, 4.69) is 46.7 Å². The Hall–Kier alpha value is -5.45. The third-order valence-corrected chi connectivity index (χ3v) is 6.24. The number of carbonyl (C=O) groups excluding carboxylic acids is 2. The van der Waals surface area contributed by atoms with Crippen molar-refractivity contribution >= 4 is 40.2 Å². The normalized spacial score (nSPS) is 11.2. The van der Waals surface area contributed by atoms with E-state index in [0.29, 0.717) is 17.3 Å². The second kappa shape index (κ2) is 11.0. The molecule has 0 spiro atoms. The van der Waals surface area contributed by atoms with Crippen LogP contribution in [0.5, 0.6) is 11.6 Å². The second-order valence-electron chi connectivity index (χ2n) is 10.5. The van der Waals surface area contributed by atoms with Gasteiger partial charge in [-0.1, -0.05) is 62.7 Å². The first kappa shape index (κ1) is 27.1. The molecule has 0 saturated heterocycles. The van der Waals surface area contributed by atoms with E-state index in [0.717, 1.165) is 27.7 Å². The highest BCUT2D eigenvalue weighted by atomic mass is 16.5. The highest BCUT2D eigenvalue weighted by molar-refractivity contribution is 6.07. The molecule has 2 aromatic heterocycles. The van der Waals surface area contributed by atoms with Gasteiger partial charge in [-0.3, -0.25) is 10.6 Å². The quantitative estimate of drug-likeness (QED) is 0.194. The van der Waals surface area contributed by atoms with Crippen LogP contribution < -0.4 is 26.4 Å². The zero-order valence-electron chi connectivity index (χ0n) is 23.1. The van der Waals surface area contributed by atoms with Crippen LogP contribution in [-0.2, 0) is 5.41 Å². The lowest BCUT2D eigenvalue weighted by atomic mass is 9.92. The van der Waals surface area contributed by atoms with Crippen LogP contribution in [0.25, 0.3) is 16.5 Å². The molecule has 3 aromatic carbocycles. The van der Waals surface area contributed by atoms with Crippen LogP contribution in [0.15, 0.2) is 79.1 Å². The number of amides is 4. The summed E-state index contributed by atoms with van der Waals surface area (Å²) in [6.07, 6.45) is 1.26. The second-order valence-corrected chi connectivity index (χ2v) is 10.5. The highest BCUT2D eigenvalue weighted by Gasteiger charge is 2.22. The molecule has 0 unspecified atom stereocenters. The summed E-state index contributed by atoms with van der Waals surface area (Å²) in [7, 11) is 0. The lowest BCUT2D eigenvalue weighted by Crippen LogP contribution is -2.21. The largest absolute Gasteiger partial charge is 0.438 e.